The average molecular weight is 244 g/mol. The smallest absolute Gasteiger partial charge is 0.0644 e. The molecule has 2 aromatic rings. The molecule has 4 nitrogen and oxygen atoms in total. The van der Waals surface area contributed by atoms with E-state index in [9.17, 15) is 0 Å². The van der Waals surface area contributed by atoms with Gasteiger partial charge in [0.25, 0.3) is 0 Å². The Morgan fingerprint density at radius 3 is 2.50 bits per heavy atom. The number of rotatable bonds is 5. The third kappa shape index (κ3) is 2.97. The SMILES string of the molecule is CC(C)n1ccc(CC(NN)c2ccccc2)n1. The lowest BCUT2D eigenvalue weighted by Gasteiger charge is -2.15. The summed E-state index contributed by atoms with van der Waals surface area (Å²) < 4.78 is 1.97. The molecule has 1 atom stereocenters. The summed E-state index contributed by atoms with van der Waals surface area (Å²) in [5.74, 6) is 5.63. The van der Waals surface area contributed by atoms with Gasteiger partial charge in [0.15, 0.2) is 0 Å². The highest BCUT2D eigenvalue weighted by molar-refractivity contribution is 5.20. The van der Waals surface area contributed by atoms with Crippen molar-refractivity contribution >= 4 is 0 Å². The molecule has 0 spiro atoms. The van der Waals surface area contributed by atoms with Crippen LogP contribution in [0, 0.1) is 0 Å². The van der Waals surface area contributed by atoms with Gasteiger partial charge < -0.3 is 0 Å². The molecule has 1 aromatic heterocycles. The van der Waals surface area contributed by atoms with E-state index in [0.29, 0.717) is 6.04 Å². The summed E-state index contributed by atoms with van der Waals surface area (Å²) in [7, 11) is 0. The van der Waals surface area contributed by atoms with Crippen LogP contribution in [-0.4, -0.2) is 9.78 Å². The highest BCUT2D eigenvalue weighted by atomic mass is 15.3. The van der Waals surface area contributed by atoms with Gasteiger partial charge in [-0.2, -0.15) is 5.10 Å². The zero-order valence-electron chi connectivity index (χ0n) is 10.9. The third-order valence-electron chi connectivity index (χ3n) is 3.01. The normalized spacial score (nSPS) is 12.9. The van der Waals surface area contributed by atoms with Gasteiger partial charge in [-0.25, -0.2) is 0 Å². The fourth-order valence-electron chi connectivity index (χ4n) is 1.94. The zero-order chi connectivity index (χ0) is 13.0. The molecule has 1 heterocycles. The number of hydrogen-bond acceptors (Lipinski definition) is 3. The molecule has 0 aliphatic carbocycles. The lowest BCUT2D eigenvalue weighted by Crippen LogP contribution is -2.29. The molecule has 1 unspecified atom stereocenters. The van der Waals surface area contributed by atoms with Crippen molar-refractivity contribution in [3.63, 3.8) is 0 Å². The quantitative estimate of drug-likeness (QED) is 0.626. The molecule has 0 fully saturated rings. The van der Waals surface area contributed by atoms with Gasteiger partial charge in [-0.1, -0.05) is 30.3 Å². The highest BCUT2D eigenvalue weighted by Gasteiger charge is 2.12. The summed E-state index contributed by atoms with van der Waals surface area (Å²) in [4.78, 5) is 0. The zero-order valence-corrected chi connectivity index (χ0v) is 10.9. The monoisotopic (exact) mass is 244 g/mol. The number of benzene rings is 1. The van der Waals surface area contributed by atoms with Crippen LogP contribution in [0.25, 0.3) is 0 Å². The van der Waals surface area contributed by atoms with Crippen molar-refractivity contribution in [2.75, 3.05) is 0 Å². The standard InChI is InChI=1S/C14H20N4/c1-11(2)18-9-8-13(17-18)10-14(16-15)12-6-4-3-5-7-12/h3-9,11,14,16H,10,15H2,1-2H3. The van der Waals surface area contributed by atoms with E-state index < -0.39 is 0 Å². The van der Waals surface area contributed by atoms with Crippen molar-refractivity contribution in [2.45, 2.75) is 32.4 Å². The van der Waals surface area contributed by atoms with Crippen LogP contribution in [0.2, 0.25) is 0 Å². The van der Waals surface area contributed by atoms with E-state index in [0.717, 1.165) is 12.1 Å². The minimum absolute atomic E-state index is 0.0988. The summed E-state index contributed by atoms with van der Waals surface area (Å²) in [6, 6.07) is 12.7. The minimum Gasteiger partial charge on any atom is -0.271 e. The van der Waals surface area contributed by atoms with Crippen molar-refractivity contribution in [3.05, 3.63) is 53.9 Å². The molecule has 0 saturated carbocycles. The third-order valence-corrected chi connectivity index (χ3v) is 3.01. The van der Waals surface area contributed by atoms with Crippen molar-refractivity contribution in [2.24, 2.45) is 5.84 Å². The van der Waals surface area contributed by atoms with Crippen molar-refractivity contribution in [3.8, 4) is 0 Å². The second kappa shape index (κ2) is 5.80. The van der Waals surface area contributed by atoms with Gasteiger partial charge in [0.05, 0.1) is 11.7 Å². The molecule has 1 aromatic carbocycles. The molecule has 0 amide bonds. The van der Waals surface area contributed by atoms with E-state index in [4.69, 9.17) is 5.84 Å². The van der Waals surface area contributed by atoms with Gasteiger partial charge >= 0.3 is 0 Å². The first-order valence-corrected chi connectivity index (χ1v) is 6.26. The van der Waals surface area contributed by atoms with Crippen LogP contribution in [0.15, 0.2) is 42.6 Å². The number of aromatic nitrogens is 2. The summed E-state index contributed by atoms with van der Waals surface area (Å²) in [6.45, 7) is 4.24. The van der Waals surface area contributed by atoms with E-state index in [2.05, 4.69) is 36.5 Å². The van der Waals surface area contributed by atoms with Crippen molar-refractivity contribution in [1.82, 2.24) is 15.2 Å². The van der Waals surface area contributed by atoms with Gasteiger partial charge in [0.2, 0.25) is 0 Å². The molecule has 3 N–H and O–H groups in total. The Hall–Kier alpha value is -1.65. The summed E-state index contributed by atoms with van der Waals surface area (Å²) >= 11 is 0. The molecule has 96 valence electrons. The Morgan fingerprint density at radius 1 is 1.22 bits per heavy atom. The lowest BCUT2D eigenvalue weighted by atomic mass is 10.0. The molecule has 0 bridgehead atoms. The largest absolute Gasteiger partial charge is 0.271 e. The first-order chi connectivity index (χ1) is 8.70. The lowest BCUT2D eigenvalue weighted by molar-refractivity contribution is 0.507. The van der Waals surface area contributed by atoms with E-state index in [1.165, 1.54) is 5.56 Å². The Balaban J connectivity index is 2.10. The number of hydrazine groups is 1. The molecule has 0 aliphatic heterocycles. The molecule has 2 rings (SSSR count). The van der Waals surface area contributed by atoms with Gasteiger partial charge in [-0.15, -0.1) is 0 Å². The number of hydrogen-bond donors (Lipinski definition) is 2. The maximum atomic E-state index is 5.63. The number of nitrogens with zero attached hydrogens (tertiary/aromatic N) is 2. The topological polar surface area (TPSA) is 55.9 Å². The molecule has 4 heteroatoms. The van der Waals surface area contributed by atoms with Crippen LogP contribution >= 0.6 is 0 Å². The molecule has 0 saturated heterocycles. The maximum absolute atomic E-state index is 5.63. The van der Waals surface area contributed by atoms with E-state index in [-0.39, 0.29) is 6.04 Å². The van der Waals surface area contributed by atoms with Crippen LogP contribution in [0.1, 0.15) is 37.2 Å². The Bertz CT molecular complexity index is 476. The van der Waals surface area contributed by atoms with E-state index in [1.807, 2.05) is 35.1 Å². The minimum atomic E-state index is 0.0988. The van der Waals surface area contributed by atoms with Crippen molar-refractivity contribution < 1.29 is 0 Å². The van der Waals surface area contributed by atoms with Crippen LogP contribution < -0.4 is 11.3 Å². The molecule has 18 heavy (non-hydrogen) atoms. The van der Waals surface area contributed by atoms with Crippen LogP contribution in [0.4, 0.5) is 0 Å². The Morgan fingerprint density at radius 2 is 1.94 bits per heavy atom. The Kier molecular flexibility index (Phi) is 4.12. The Labute approximate surface area is 108 Å². The van der Waals surface area contributed by atoms with Crippen LogP contribution in [0.3, 0.4) is 0 Å². The number of nitrogens with two attached hydrogens (primary N) is 1. The maximum Gasteiger partial charge on any atom is 0.0644 e. The van der Waals surface area contributed by atoms with Gasteiger partial charge in [-0.3, -0.25) is 16.0 Å². The second-order valence-corrected chi connectivity index (χ2v) is 4.71. The molecule has 0 radical (unpaired) electrons. The van der Waals surface area contributed by atoms with Gasteiger partial charge in [0.1, 0.15) is 0 Å². The van der Waals surface area contributed by atoms with Gasteiger partial charge in [0, 0.05) is 18.7 Å². The molecule has 0 aliphatic rings. The summed E-state index contributed by atoms with van der Waals surface area (Å²) in [5.41, 5.74) is 5.09. The fraction of sp³-hybridized carbons (Fsp3) is 0.357. The summed E-state index contributed by atoms with van der Waals surface area (Å²) in [5, 5.41) is 4.54. The van der Waals surface area contributed by atoms with Crippen LogP contribution in [0.5, 0.6) is 0 Å². The van der Waals surface area contributed by atoms with E-state index >= 15 is 0 Å². The number of nitrogens with one attached hydrogen (secondary N) is 1. The predicted molar refractivity (Wildman–Crippen MR) is 72.8 cm³/mol. The highest BCUT2D eigenvalue weighted by Crippen LogP contribution is 2.17. The summed E-state index contributed by atoms with van der Waals surface area (Å²) in [6.07, 6.45) is 2.80. The predicted octanol–water partition coefficient (Wildman–Crippen LogP) is 2.21. The van der Waals surface area contributed by atoms with Crippen LogP contribution in [-0.2, 0) is 6.42 Å². The van der Waals surface area contributed by atoms with Gasteiger partial charge in [-0.05, 0) is 25.5 Å². The first-order valence-electron chi connectivity index (χ1n) is 6.26. The average Bonchev–Trinajstić information content (AvgIpc) is 2.86. The first kappa shape index (κ1) is 12.8. The second-order valence-electron chi connectivity index (χ2n) is 4.71. The fourth-order valence-corrected chi connectivity index (χ4v) is 1.94. The van der Waals surface area contributed by atoms with E-state index in [1.54, 1.807) is 0 Å². The molecular weight excluding hydrogens is 224 g/mol. The van der Waals surface area contributed by atoms with Crippen molar-refractivity contribution in [1.29, 1.82) is 0 Å². The molecular formula is C14H20N4.